The Bertz CT molecular complexity index is 525. The van der Waals surface area contributed by atoms with Gasteiger partial charge in [-0.05, 0) is 26.3 Å². The van der Waals surface area contributed by atoms with Crippen LogP contribution in [-0.4, -0.2) is 46.6 Å². The molecule has 2 atom stereocenters. The van der Waals surface area contributed by atoms with Gasteiger partial charge in [-0.15, -0.1) is 0 Å². The second-order valence-corrected chi connectivity index (χ2v) is 7.80. The predicted molar refractivity (Wildman–Crippen MR) is 87.1 cm³/mol. The first-order chi connectivity index (χ1) is 9.84. The fourth-order valence-electron chi connectivity index (χ4n) is 3.39. The van der Waals surface area contributed by atoms with Crippen LogP contribution in [0.3, 0.4) is 0 Å². The molecule has 0 bridgehead atoms. The van der Waals surface area contributed by atoms with Crippen molar-refractivity contribution in [2.45, 2.75) is 58.0 Å². The fraction of sp³-hybridized carbons (Fsp3) is 0.750. The van der Waals surface area contributed by atoms with Crippen LogP contribution in [0.25, 0.3) is 0 Å². The maximum atomic E-state index is 6.25. The molecule has 1 aromatic heterocycles. The summed E-state index contributed by atoms with van der Waals surface area (Å²) >= 11 is 6.25. The van der Waals surface area contributed by atoms with E-state index in [2.05, 4.69) is 42.5 Å². The zero-order chi connectivity index (χ0) is 15.2. The molecule has 0 aromatic carbocycles. The van der Waals surface area contributed by atoms with Crippen molar-refractivity contribution in [1.29, 1.82) is 0 Å². The summed E-state index contributed by atoms with van der Waals surface area (Å²) in [5, 5.41) is 0.547. The minimum atomic E-state index is -0.0852. The molecule has 0 saturated carbocycles. The summed E-state index contributed by atoms with van der Waals surface area (Å²) in [6, 6.07) is 3.06. The number of aromatic nitrogens is 2. The zero-order valence-electron chi connectivity index (χ0n) is 13.4. The Hall–Kier alpha value is -0.870. The van der Waals surface area contributed by atoms with Crippen molar-refractivity contribution in [3.05, 3.63) is 17.0 Å². The molecule has 0 amide bonds. The number of piperazine rings is 1. The van der Waals surface area contributed by atoms with Gasteiger partial charge in [0, 0.05) is 36.7 Å². The van der Waals surface area contributed by atoms with E-state index in [0.29, 0.717) is 17.2 Å². The summed E-state index contributed by atoms with van der Waals surface area (Å²) < 4.78 is 0. The van der Waals surface area contributed by atoms with E-state index in [4.69, 9.17) is 16.6 Å². The molecule has 3 rings (SSSR count). The highest BCUT2D eigenvalue weighted by atomic mass is 35.5. The van der Waals surface area contributed by atoms with Gasteiger partial charge in [-0.25, -0.2) is 9.97 Å². The van der Waals surface area contributed by atoms with Gasteiger partial charge in [0.15, 0.2) is 0 Å². The van der Waals surface area contributed by atoms with Crippen LogP contribution in [0.2, 0.25) is 5.15 Å². The van der Waals surface area contributed by atoms with Crippen LogP contribution in [-0.2, 0) is 5.41 Å². The highest BCUT2D eigenvalue weighted by Crippen LogP contribution is 2.30. The van der Waals surface area contributed by atoms with E-state index < -0.39 is 0 Å². The van der Waals surface area contributed by atoms with E-state index in [1.54, 1.807) is 0 Å². The van der Waals surface area contributed by atoms with Crippen molar-refractivity contribution in [2.75, 3.05) is 24.5 Å². The minimum absolute atomic E-state index is 0.0852. The molecular weight excluding hydrogens is 284 g/mol. The van der Waals surface area contributed by atoms with Crippen LogP contribution < -0.4 is 4.90 Å². The van der Waals surface area contributed by atoms with Gasteiger partial charge in [-0.1, -0.05) is 32.4 Å². The van der Waals surface area contributed by atoms with Crippen molar-refractivity contribution < 1.29 is 0 Å². The van der Waals surface area contributed by atoms with E-state index in [1.165, 1.54) is 19.4 Å². The summed E-state index contributed by atoms with van der Waals surface area (Å²) in [6.45, 7) is 12.1. The summed E-state index contributed by atoms with van der Waals surface area (Å²) in [5.74, 6) is 1.81. The highest BCUT2D eigenvalue weighted by molar-refractivity contribution is 6.29. The Labute approximate surface area is 132 Å². The van der Waals surface area contributed by atoms with Crippen LogP contribution in [0.1, 0.15) is 46.4 Å². The number of anilines is 1. The minimum Gasteiger partial charge on any atom is -0.351 e. The van der Waals surface area contributed by atoms with Crippen LogP contribution in [0.15, 0.2) is 6.07 Å². The van der Waals surface area contributed by atoms with Crippen LogP contribution in [0.5, 0.6) is 0 Å². The van der Waals surface area contributed by atoms with Gasteiger partial charge in [-0.3, -0.25) is 4.90 Å². The zero-order valence-corrected chi connectivity index (χ0v) is 14.2. The van der Waals surface area contributed by atoms with E-state index in [0.717, 1.165) is 24.7 Å². The third kappa shape index (κ3) is 3.02. The molecule has 5 heteroatoms. The lowest BCUT2D eigenvalue weighted by atomic mass is 9.96. The van der Waals surface area contributed by atoms with Gasteiger partial charge in [0.25, 0.3) is 0 Å². The molecule has 2 aliphatic rings. The van der Waals surface area contributed by atoms with E-state index >= 15 is 0 Å². The van der Waals surface area contributed by atoms with Gasteiger partial charge in [0.1, 0.15) is 16.8 Å². The molecular formula is C16H25ClN4. The monoisotopic (exact) mass is 308 g/mol. The third-order valence-electron chi connectivity index (χ3n) is 4.58. The SMILES string of the molecule is CC1CN2CCCC2CN1c1cc(Cl)nc(C(C)(C)C)n1. The molecule has 0 spiro atoms. The summed E-state index contributed by atoms with van der Waals surface area (Å²) in [6.07, 6.45) is 2.62. The Morgan fingerprint density at radius 2 is 2.00 bits per heavy atom. The molecule has 3 heterocycles. The normalized spacial score (nSPS) is 27.0. The van der Waals surface area contributed by atoms with Crippen LogP contribution in [0.4, 0.5) is 5.82 Å². The number of rotatable bonds is 1. The quantitative estimate of drug-likeness (QED) is 0.746. The van der Waals surface area contributed by atoms with Gasteiger partial charge < -0.3 is 4.90 Å². The molecule has 4 nitrogen and oxygen atoms in total. The average Bonchev–Trinajstić information content (AvgIpc) is 2.83. The van der Waals surface area contributed by atoms with Crippen LogP contribution in [0, 0.1) is 0 Å². The van der Waals surface area contributed by atoms with Gasteiger partial charge in [0.05, 0.1) is 0 Å². The fourth-order valence-corrected chi connectivity index (χ4v) is 3.57. The topological polar surface area (TPSA) is 32.3 Å². The second-order valence-electron chi connectivity index (χ2n) is 7.41. The standard InChI is InChI=1S/C16H25ClN4/c1-11-9-20-7-5-6-12(20)10-21(11)14-8-13(17)18-15(19-14)16(2,3)4/h8,11-12H,5-7,9-10H2,1-4H3. The number of halogens is 1. The van der Waals surface area contributed by atoms with E-state index in [-0.39, 0.29) is 5.41 Å². The molecule has 21 heavy (non-hydrogen) atoms. The molecule has 0 N–H and O–H groups in total. The first-order valence-corrected chi connectivity index (χ1v) is 8.28. The smallest absolute Gasteiger partial charge is 0.137 e. The molecule has 116 valence electrons. The molecule has 2 fully saturated rings. The predicted octanol–water partition coefficient (Wildman–Crippen LogP) is 3.10. The molecule has 0 aliphatic carbocycles. The number of nitrogens with zero attached hydrogens (tertiary/aromatic N) is 4. The lowest BCUT2D eigenvalue weighted by molar-refractivity contribution is 0.202. The van der Waals surface area contributed by atoms with E-state index in [1.807, 2.05) is 6.07 Å². The maximum absolute atomic E-state index is 6.25. The Kier molecular flexibility index (Phi) is 3.87. The van der Waals surface area contributed by atoms with Gasteiger partial charge in [-0.2, -0.15) is 0 Å². The molecule has 2 aliphatic heterocycles. The first kappa shape index (κ1) is 15.0. The Morgan fingerprint density at radius 3 is 2.71 bits per heavy atom. The van der Waals surface area contributed by atoms with Crippen LogP contribution >= 0.6 is 11.6 Å². The van der Waals surface area contributed by atoms with Crippen molar-refractivity contribution in [3.63, 3.8) is 0 Å². The first-order valence-electron chi connectivity index (χ1n) is 7.90. The van der Waals surface area contributed by atoms with E-state index in [9.17, 15) is 0 Å². The highest BCUT2D eigenvalue weighted by Gasteiger charge is 2.35. The lowest BCUT2D eigenvalue weighted by Gasteiger charge is -2.43. The molecule has 2 unspecified atom stereocenters. The number of hydrogen-bond donors (Lipinski definition) is 0. The summed E-state index contributed by atoms with van der Waals surface area (Å²) in [7, 11) is 0. The molecule has 0 radical (unpaired) electrons. The van der Waals surface area contributed by atoms with Crippen molar-refractivity contribution in [1.82, 2.24) is 14.9 Å². The van der Waals surface area contributed by atoms with Gasteiger partial charge >= 0.3 is 0 Å². The number of fused-ring (bicyclic) bond motifs is 1. The second kappa shape index (κ2) is 5.40. The molecule has 1 aromatic rings. The Balaban J connectivity index is 1.90. The largest absolute Gasteiger partial charge is 0.351 e. The third-order valence-corrected chi connectivity index (χ3v) is 4.78. The lowest BCUT2D eigenvalue weighted by Crippen LogP contribution is -2.55. The summed E-state index contributed by atoms with van der Waals surface area (Å²) in [4.78, 5) is 14.2. The van der Waals surface area contributed by atoms with Gasteiger partial charge in [0.2, 0.25) is 0 Å². The van der Waals surface area contributed by atoms with Crippen molar-refractivity contribution >= 4 is 17.4 Å². The van der Waals surface area contributed by atoms with Crippen molar-refractivity contribution in [2.24, 2.45) is 0 Å². The number of hydrogen-bond acceptors (Lipinski definition) is 4. The summed E-state index contributed by atoms with van der Waals surface area (Å²) in [5.41, 5.74) is -0.0852. The van der Waals surface area contributed by atoms with Crippen molar-refractivity contribution in [3.8, 4) is 0 Å². The molecule has 2 saturated heterocycles. The maximum Gasteiger partial charge on any atom is 0.137 e. The Morgan fingerprint density at radius 1 is 1.24 bits per heavy atom. The average molecular weight is 309 g/mol.